The molecule has 0 radical (unpaired) electrons. The van der Waals surface area contributed by atoms with Crippen molar-refractivity contribution in [3.8, 4) is 0 Å². The molecule has 0 aromatic carbocycles. The molecule has 13 heteroatoms. The van der Waals surface area contributed by atoms with Crippen LogP contribution in [0, 0.1) is 5.92 Å². The Morgan fingerprint density at radius 2 is 1.69 bits per heavy atom. The molecule has 3 aliphatic rings. The van der Waals surface area contributed by atoms with E-state index in [0.29, 0.717) is 19.3 Å². The Kier molecular flexibility index (Phi) is 6.69. The van der Waals surface area contributed by atoms with Gasteiger partial charge in [-0.05, 0) is 25.8 Å². The van der Waals surface area contributed by atoms with Gasteiger partial charge in [-0.1, -0.05) is 19.3 Å². The molecule has 0 spiro atoms. The Morgan fingerprint density at radius 1 is 1.00 bits per heavy atom. The second-order valence-electron chi connectivity index (χ2n) is 7.98. The lowest BCUT2D eigenvalue weighted by molar-refractivity contribution is -0.300. The van der Waals surface area contributed by atoms with E-state index in [0.717, 1.165) is 0 Å². The fraction of sp³-hybridized carbons (Fsp3) is 1.00. The molecular weight excluding hydrogens is 408 g/mol. The van der Waals surface area contributed by atoms with Crippen LogP contribution in [0.1, 0.15) is 38.5 Å². The highest BCUT2D eigenvalue weighted by molar-refractivity contribution is 5.02. The van der Waals surface area contributed by atoms with Gasteiger partial charge in [0.25, 0.3) is 0 Å². The van der Waals surface area contributed by atoms with Gasteiger partial charge in [0, 0.05) is 6.04 Å². The maximum atomic E-state index is 13.6. The van der Waals surface area contributed by atoms with Crippen LogP contribution in [0.15, 0.2) is 0 Å². The summed E-state index contributed by atoms with van der Waals surface area (Å²) in [6.07, 6.45) is -13.0. The van der Waals surface area contributed by atoms with Crippen molar-refractivity contribution in [2.24, 2.45) is 11.7 Å². The summed E-state index contributed by atoms with van der Waals surface area (Å²) in [7, 11) is 0. The van der Waals surface area contributed by atoms with Gasteiger partial charge in [-0.3, -0.25) is 5.32 Å². The molecule has 0 aromatic rings. The third-order valence-electron chi connectivity index (χ3n) is 5.92. The Labute approximate surface area is 164 Å². The second kappa shape index (κ2) is 8.44. The van der Waals surface area contributed by atoms with Crippen LogP contribution >= 0.6 is 0 Å². The summed E-state index contributed by atoms with van der Waals surface area (Å²) in [5, 5.41) is 16.0. The number of hydrazine groups is 1. The lowest BCUT2D eigenvalue weighted by atomic mass is 9.86. The largest absolute Gasteiger partial charge is 0.421 e. The van der Waals surface area contributed by atoms with E-state index < -0.39 is 67.4 Å². The lowest BCUT2D eigenvalue weighted by Gasteiger charge is -2.44. The van der Waals surface area contributed by atoms with E-state index in [4.69, 9.17) is 10.5 Å². The van der Waals surface area contributed by atoms with Gasteiger partial charge in [-0.2, -0.15) is 26.3 Å². The Bertz CT molecular complexity index is 565. The quantitative estimate of drug-likeness (QED) is 0.313. The number of piperidine rings is 1. The summed E-state index contributed by atoms with van der Waals surface area (Å²) in [4.78, 5) is 0. The van der Waals surface area contributed by atoms with Crippen LogP contribution in [0.5, 0.6) is 0 Å². The number of fused-ring (bicyclic) bond motifs is 5. The molecule has 7 N–H and O–H groups in total. The third kappa shape index (κ3) is 4.81. The molecule has 3 aliphatic heterocycles. The fourth-order valence-electron chi connectivity index (χ4n) is 4.19. The van der Waals surface area contributed by atoms with Crippen LogP contribution in [0.2, 0.25) is 0 Å². The van der Waals surface area contributed by atoms with Crippen molar-refractivity contribution in [3.63, 3.8) is 0 Å². The second-order valence-corrected chi connectivity index (χ2v) is 7.98. The van der Waals surface area contributed by atoms with E-state index in [1.807, 2.05) is 0 Å². The number of ether oxygens (including phenoxy) is 1. The Morgan fingerprint density at radius 3 is 2.34 bits per heavy atom. The van der Waals surface area contributed by atoms with Crippen molar-refractivity contribution in [2.75, 3.05) is 6.54 Å². The van der Waals surface area contributed by atoms with Gasteiger partial charge in [0.15, 0.2) is 6.23 Å². The fourth-order valence-corrected chi connectivity index (χ4v) is 4.19. The number of halogens is 6. The third-order valence-corrected chi connectivity index (χ3v) is 5.92. The number of nitrogens with one attached hydrogen (secondary N) is 4. The highest BCUT2D eigenvalue weighted by atomic mass is 19.4. The maximum Gasteiger partial charge on any atom is 0.421 e. The molecule has 7 atom stereocenters. The van der Waals surface area contributed by atoms with E-state index in [1.54, 1.807) is 0 Å². The van der Waals surface area contributed by atoms with Crippen LogP contribution in [-0.4, -0.2) is 60.3 Å². The predicted octanol–water partition coefficient (Wildman–Crippen LogP) is 0.804. The van der Waals surface area contributed by atoms with Gasteiger partial charge in [0.2, 0.25) is 5.60 Å². The van der Waals surface area contributed by atoms with Crippen LogP contribution < -0.4 is 27.2 Å². The number of alkyl halides is 6. The number of rotatable bonds is 0. The Balaban J connectivity index is 1.83. The minimum absolute atomic E-state index is 0.0953. The first-order valence-corrected chi connectivity index (χ1v) is 9.71. The molecule has 3 rings (SSSR count). The molecule has 6 unspecified atom stereocenters. The average molecular weight is 435 g/mol. The normalized spacial score (nSPS) is 43.0. The molecule has 0 aromatic heterocycles. The highest BCUT2D eigenvalue weighted by Gasteiger charge is 2.61. The summed E-state index contributed by atoms with van der Waals surface area (Å²) in [6.45, 7) is 0.273. The lowest BCUT2D eigenvalue weighted by Crippen LogP contribution is -2.69. The van der Waals surface area contributed by atoms with Gasteiger partial charge >= 0.3 is 12.4 Å². The van der Waals surface area contributed by atoms with Crippen molar-refractivity contribution in [1.82, 2.24) is 21.5 Å². The summed E-state index contributed by atoms with van der Waals surface area (Å²) < 4.78 is 86.5. The smallest absolute Gasteiger partial charge is 0.377 e. The minimum Gasteiger partial charge on any atom is -0.377 e. The van der Waals surface area contributed by atoms with E-state index >= 15 is 0 Å². The monoisotopic (exact) mass is 435 g/mol. The van der Waals surface area contributed by atoms with Crippen molar-refractivity contribution in [3.05, 3.63) is 0 Å². The first-order valence-electron chi connectivity index (χ1n) is 9.71. The van der Waals surface area contributed by atoms with Crippen LogP contribution in [0.25, 0.3) is 0 Å². The van der Waals surface area contributed by atoms with E-state index in [9.17, 15) is 31.4 Å². The number of hydrogen-bond acceptors (Lipinski definition) is 7. The number of aliphatic hydroxyl groups is 1. The minimum atomic E-state index is -4.95. The highest BCUT2D eigenvalue weighted by Crippen LogP contribution is 2.40. The average Bonchev–Trinajstić information content (AvgIpc) is 3.09. The van der Waals surface area contributed by atoms with Gasteiger partial charge in [0.05, 0.1) is 18.1 Å². The number of nitrogens with two attached hydrogens (primary N) is 1. The van der Waals surface area contributed by atoms with Gasteiger partial charge in [-0.25, -0.2) is 10.9 Å². The van der Waals surface area contributed by atoms with Gasteiger partial charge in [-0.15, -0.1) is 0 Å². The van der Waals surface area contributed by atoms with Crippen molar-refractivity contribution in [2.45, 2.75) is 87.2 Å². The number of hydrogen-bond donors (Lipinski definition) is 6. The molecule has 4 bridgehead atoms. The molecule has 29 heavy (non-hydrogen) atoms. The summed E-state index contributed by atoms with van der Waals surface area (Å²) in [5.41, 5.74) is 7.61. The molecule has 3 heterocycles. The Hall–Kier alpha value is -0.700. The zero-order valence-corrected chi connectivity index (χ0v) is 15.6. The summed E-state index contributed by atoms with van der Waals surface area (Å²) in [5.74, 6) is -1.74. The summed E-state index contributed by atoms with van der Waals surface area (Å²) >= 11 is 0. The van der Waals surface area contributed by atoms with E-state index in [-0.39, 0.29) is 13.0 Å². The standard InChI is InChI=1S/C16H27F6N5O2/c17-15(18,19)8-7-9(23)10-12-26-27-13(29-12)14(28,16(20,21)22)5-3-1-2-4-6-24-11(8)25-10/h8-13,24-28H,1-7,23H2/t8?,9?,10?,11?,12?,13?,14-/m1/s1. The molecular formula is C16H27F6N5O2. The predicted molar refractivity (Wildman–Crippen MR) is 89.9 cm³/mol. The zero-order chi connectivity index (χ0) is 21.4. The van der Waals surface area contributed by atoms with Crippen LogP contribution in [-0.2, 0) is 4.74 Å². The van der Waals surface area contributed by atoms with Crippen molar-refractivity contribution < 1.29 is 36.2 Å². The molecule has 3 fully saturated rings. The molecule has 0 amide bonds. The van der Waals surface area contributed by atoms with E-state index in [2.05, 4.69) is 21.5 Å². The topological polar surface area (TPSA) is 104 Å². The molecule has 3 saturated heterocycles. The molecule has 170 valence electrons. The van der Waals surface area contributed by atoms with Gasteiger partial charge in [0.1, 0.15) is 6.23 Å². The summed E-state index contributed by atoms with van der Waals surface area (Å²) in [6, 6.07) is -1.92. The molecule has 0 saturated carbocycles. The maximum absolute atomic E-state index is 13.6. The first kappa shape index (κ1) is 23.0. The SMILES string of the molecule is NC1CC(C(F)(F)F)C2NCCCCCC[C@](O)(C(F)(F)F)C3NNC(O3)C1N2. The first-order chi connectivity index (χ1) is 13.4. The van der Waals surface area contributed by atoms with Gasteiger partial charge < -0.3 is 20.9 Å². The molecule has 7 nitrogen and oxygen atoms in total. The van der Waals surface area contributed by atoms with Crippen LogP contribution in [0.4, 0.5) is 26.3 Å². The van der Waals surface area contributed by atoms with Crippen molar-refractivity contribution >= 4 is 0 Å². The molecule has 0 aliphatic carbocycles. The van der Waals surface area contributed by atoms with Crippen molar-refractivity contribution in [1.29, 1.82) is 0 Å². The zero-order valence-electron chi connectivity index (χ0n) is 15.6. The van der Waals surface area contributed by atoms with E-state index in [1.165, 1.54) is 0 Å². The van der Waals surface area contributed by atoms with Crippen LogP contribution in [0.3, 0.4) is 0 Å².